The zero-order valence-electron chi connectivity index (χ0n) is 13.6. The van der Waals surface area contributed by atoms with Crippen LogP contribution >= 0.6 is 22.9 Å². The maximum absolute atomic E-state index is 12.7. The molecule has 24 heavy (non-hydrogen) atoms. The van der Waals surface area contributed by atoms with Gasteiger partial charge in [0.1, 0.15) is 5.15 Å². The molecule has 0 amide bonds. The second-order valence-corrected chi connectivity index (χ2v) is 6.30. The number of pyridine rings is 2. The average Bonchev–Trinajstić information content (AvgIpc) is 3.08. The molecule has 0 N–H and O–H groups in total. The first kappa shape index (κ1) is 16.6. The number of rotatable bonds is 1. The van der Waals surface area contributed by atoms with E-state index < -0.39 is 0 Å². The van der Waals surface area contributed by atoms with Crippen molar-refractivity contribution in [3.05, 3.63) is 57.5 Å². The summed E-state index contributed by atoms with van der Waals surface area (Å²) in [6, 6.07) is 9.44. The average molecular weight is 358 g/mol. The Kier molecular flexibility index (Phi) is 4.64. The monoisotopic (exact) mass is 357 g/mol. The quantitative estimate of drug-likeness (QED) is 0.456. The van der Waals surface area contributed by atoms with Gasteiger partial charge in [-0.05, 0) is 29.8 Å². The van der Waals surface area contributed by atoms with Crippen LogP contribution in [0.4, 0.5) is 0 Å². The van der Waals surface area contributed by atoms with Crippen LogP contribution in [0, 0.1) is 0 Å². The first-order valence-electron chi connectivity index (χ1n) is 7.62. The van der Waals surface area contributed by atoms with E-state index >= 15 is 0 Å². The van der Waals surface area contributed by atoms with Crippen molar-refractivity contribution in [3.8, 4) is 11.1 Å². The van der Waals surface area contributed by atoms with Gasteiger partial charge in [-0.15, -0.1) is 11.3 Å². The Labute approximate surface area is 148 Å². The van der Waals surface area contributed by atoms with Crippen LogP contribution in [0.1, 0.15) is 13.8 Å². The van der Waals surface area contributed by atoms with Crippen LogP contribution in [-0.4, -0.2) is 14.5 Å². The van der Waals surface area contributed by atoms with Crippen LogP contribution < -0.4 is 5.56 Å². The van der Waals surface area contributed by atoms with Gasteiger partial charge in [-0.1, -0.05) is 31.5 Å². The van der Waals surface area contributed by atoms with Gasteiger partial charge in [-0.2, -0.15) is 0 Å². The SMILES string of the molecule is CC.Cn1c(=O)c(-c2ccc3scnc3c2)cc2cnc(Cl)cc21. The number of thiazole rings is 1. The molecular weight excluding hydrogens is 342 g/mol. The summed E-state index contributed by atoms with van der Waals surface area (Å²) in [5, 5.41) is 1.25. The van der Waals surface area contributed by atoms with Gasteiger partial charge in [0.25, 0.3) is 5.56 Å². The number of aryl methyl sites for hydroxylation is 1. The van der Waals surface area contributed by atoms with Crippen LogP contribution in [0.2, 0.25) is 5.15 Å². The van der Waals surface area contributed by atoms with Crippen molar-refractivity contribution in [1.29, 1.82) is 0 Å². The lowest BCUT2D eigenvalue weighted by atomic mass is 10.1. The summed E-state index contributed by atoms with van der Waals surface area (Å²) in [4.78, 5) is 21.1. The number of benzene rings is 1. The highest BCUT2D eigenvalue weighted by atomic mass is 35.5. The fourth-order valence-corrected chi connectivity index (χ4v) is 3.38. The molecule has 0 atom stereocenters. The molecule has 4 rings (SSSR count). The zero-order chi connectivity index (χ0) is 17.3. The molecule has 0 radical (unpaired) electrons. The van der Waals surface area contributed by atoms with E-state index in [4.69, 9.17) is 11.6 Å². The largest absolute Gasteiger partial charge is 0.311 e. The van der Waals surface area contributed by atoms with E-state index in [0.717, 1.165) is 26.7 Å². The molecular formula is C18H16ClN3OS. The first-order valence-corrected chi connectivity index (χ1v) is 8.88. The maximum Gasteiger partial charge on any atom is 0.258 e. The summed E-state index contributed by atoms with van der Waals surface area (Å²) in [6.07, 6.45) is 1.68. The third-order valence-corrected chi connectivity index (χ3v) is 4.73. The van der Waals surface area contributed by atoms with Crippen molar-refractivity contribution < 1.29 is 0 Å². The fraction of sp³-hybridized carbons (Fsp3) is 0.167. The van der Waals surface area contributed by atoms with Crippen LogP contribution in [0.3, 0.4) is 0 Å². The summed E-state index contributed by atoms with van der Waals surface area (Å²) in [7, 11) is 1.74. The second kappa shape index (κ2) is 6.71. The topological polar surface area (TPSA) is 47.8 Å². The van der Waals surface area contributed by atoms with E-state index in [9.17, 15) is 4.79 Å². The number of hydrogen-bond donors (Lipinski definition) is 0. The van der Waals surface area contributed by atoms with Gasteiger partial charge < -0.3 is 4.57 Å². The smallest absolute Gasteiger partial charge is 0.258 e. The Bertz CT molecular complexity index is 1080. The number of fused-ring (bicyclic) bond motifs is 2. The molecule has 0 aliphatic carbocycles. The van der Waals surface area contributed by atoms with Gasteiger partial charge in [-0.3, -0.25) is 4.79 Å². The highest BCUT2D eigenvalue weighted by Crippen LogP contribution is 2.26. The predicted octanol–water partition coefficient (Wildman–Crippen LogP) is 4.89. The standard InChI is InChI=1S/C16H10ClN3OS.C2H6/c1-20-13-6-15(17)18-7-10(13)4-11(16(20)21)9-2-3-14-12(5-9)19-8-22-14;1-2/h2-8H,1H3;1-2H3. The lowest BCUT2D eigenvalue weighted by molar-refractivity contribution is 0.907. The molecule has 0 saturated carbocycles. The molecule has 0 aliphatic heterocycles. The van der Waals surface area contributed by atoms with Gasteiger partial charge >= 0.3 is 0 Å². The van der Waals surface area contributed by atoms with E-state index in [0.29, 0.717) is 10.7 Å². The zero-order valence-corrected chi connectivity index (χ0v) is 15.1. The van der Waals surface area contributed by atoms with Crippen LogP contribution in [0.25, 0.3) is 32.2 Å². The number of aromatic nitrogens is 3. The molecule has 3 aromatic heterocycles. The minimum atomic E-state index is -0.0654. The van der Waals surface area contributed by atoms with E-state index in [-0.39, 0.29) is 5.56 Å². The first-order chi connectivity index (χ1) is 11.6. The summed E-state index contributed by atoms with van der Waals surface area (Å²) >= 11 is 7.50. The Morgan fingerprint density at radius 1 is 1.12 bits per heavy atom. The molecule has 4 nitrogen and oxygen atoms in total. The van der Waals surface area contributed by atoms with Crippen molar-refractivity contribution in [2.24, 2.45) is 7.05 Å². The molecule has 0 spiro atoms. The Morgan fingerprint density at radius 2 is 1.92 bits per heavy atom. The van der Waals surface area contributed by atoms with E-state index in [2.05, 4.69) is 9.97 Å². The van der Waals surface area contributed by atoms with E-state index in [1.807, 2.05) is 38.1 Å². The van der Waals surface area contributed by atoms with Gasteiger partial charge in [-0.25, -0.2) is 9.97 Å². The van der Waals surface area contributed by atoms with Gasteiger partial charge in [0.15, 0.2) is 0 Å². The third-order valence-electron chi connectivity index (χ3n) is 3.72. The Hall–Kier alpha value is -2.24. The molecule has 3 heterocycles. The summed E-state index contributed by atoms with van der Waals surface area (Å²) in [5.41, 5.74) is 4.90. The molecule has 122 valence electrons. The normalized spacial score (nSPS) is 10.7. The summed E-state index contributed by atoms with van der Waals surface area (Å²) in [6.45, 7) is 4.00. The van der Waals surface area contributed by atoms with Crippen LogP contribution in [-0.2, 0) is 7.05 Å². The molecule has 0 unspecified atom stereocenters. The van der Waals surface area contributed by atoms with Crippen LogP contribution in [0.5, 0.6) is 0 Å². The van der Waals surface area contributed by atoms with Crippen molar-refractivity contribution >= 4 is 44.1 Å². The molecule has 0 saturated heterocycles. The molecule has 0 bridgehead atoms. The van der Waals surface area contributed by atoms with Crippen molar-refractivity contribution in [2.45, 2.75) is 13.8 Å². The maximum atomic E-state index is 12.7. The van der Waals surface area contributed by atoms with E-state index in [1.165, 1.54) is 0 Å². The van der Waals surface area contributed by atoms with E-state index in [1.54, 1.807) is 40.7 Å². The van der Waals surface area contributed by atoms with Gasteiger partial charge in [0.05, 0.1) is 21.2 Å². The summed E-state index contributed by atoms with van der Waals surface area (Å²) < 4.78 is 2.71. The molecule has 6 heteroatoms. The molecule has 0 aliphatic rings. The number of nitrogens with zero attached hydrogens (tertiary/aromatic N) is 3. The lowest BCUT2D eigenvalue weighted by Gasteiger charge is -2.09. The van der Waals surface area contributed by atoms with Crippen molar-refractivity contribution in [1.82, 2.24) is 14.5 Å². The molecule has 0 fully saturated rings. The Balaban J connectivity index is 0.000000815. The van der Waals surface area contributed by atoms with Gasteiger partial charge in [0, 0.05) is 24.2 Å². The predicted molar refractivity (Wildman–Crippen MR) is 102 cm³/mol. The van der Waals surface area contributed by atoms with Gasteiger partial charge in [0.2, 0.25) is 0 Å². The van der Waals surface area contributed by atoms with Crippen LogP contribution in [0.15, 0.2) is 46.8 Å². The fourth-order valence-electron chi connectivity index (χ4n) is 2.57. The third kappa shape index (κ3) is 2.81. The van der Waals surface area contributed by atoms with Crippen molar-refractivity contribution in [2.75, 3.05) is 0 Å². The minimum Gasteiger partial charge on any atom is -0.311 e. The minimum absolute atomic E-state index is 0.0654. The molecule has 1 aromatic carbocycles. The second-order valence-electron chi connectivity index (χ2n) is 5.02. The lowest BCUT2D eigenvalue weighted by Crippen LogP contribution is -2.19. The number of halogens is 1. The number of hydrogen-bond acceptors (Lipinski definition) is 4. The summed E-state index contributed by atoms with van der Waals surface area (Å²) in [5.74, 6) is 0. The Morgan fingerprint density at radius 3 is 2.71 bits per heavy atom. The molecule has 4 aromatic rings. The van der Waals surface area contributed by atoms with Crippen molar-refractivity contribution in [3.63, 3.8) is 0 Å². The highest BCUT2D eigenvalue weighted by molar-refractivity contribution is 7.16. The highest BCUT2D eigenvalue weighted by Gasteiger charge is 2.11.